The molecule has 0 atom stereocenters. The van der Waals surface area contributed by atoms with Gasteiger partial charge in [0.15, 0.2) is 0 Å². The third-order valence-electron chi connectivity index (χ3n) is 1.67. The Morgan fingerprint density at radius 1 is 1.36 bits per heavy atom. The Labute approximate surface area is 92.2 Å². The van der Waals surface area contributed by atoms with Gasteiger partial charge in [-0.1, -0.05) is 15.9 Å². The van der Waals surface area contributed by atoms with Crippen molar-refractivity contribution >= 4 is 33.2 Å². The fraction of sp³-hybridized carbons (Fsp3) is 0.250. The first-order valence-electron chi connectivity index (χ1n) is 3.57. The fourth-order valence-electron chi connectivity index (χ4n) is 0.985. The van der Waals surface area contributed by atoms with E-state index in [2.05, 4.69) is 15.9 Å². The van der Waals surface area contributed by atoms with Gasteiger partial charge in [-0.25, -0.2) is 0 Å². The van der Waals surface area contributed by atoms with Crippen LogP contribution in [0, 0.1) is 0 Å². The summed E-state index contributed by atoms with van der Waals surface area (Å²) in [6.45, 7) is 0. The Morgan fingerprint density at radius 3 is 2.36 bits per heavy atom. The maximum atomic E-state index is 12.3. The summed E-state index contributed by atoms with van der Waals surface area (Å²) in [6.07, 6.45) is -4.43. The molecule has 1 rings (SSSR count). The van der Waals surface area contributed by atoms with E-state index in [1.54, 1.807) is 0 Å². The molecule has 0 heterocycles. The first kappa shape index (κ1) is 11.7. The van der Waals surface area contributed by atoms with Gasteiger partial charge >= 0.3 is 6.18 Å². The molecule has 0 amide bonds. The average Bonchev–Trinajstić information content (AvgIpc) is 2.06. The molecule has 0 unspecified atom stereocenters. The molecule has 0 aromatic heterocycles. The largest absolute Gasteiger partial charge is 0.418 e. The van der Waals surface area contributed by atoms with E-state index >= 15 is 0 Å². The van der Waals surface area contributed by atoms with Crippen LogP contribution < -0.4 is 5.73 Å². The van der Waals surface area contributed by atoms with E-state index < -0.39 is 11.7 Å². The molecule has 1 nitrogen and oxygen atoms in total. The van der Waals surface area contributed by atoms with Crippen molar-refractivity contribution in [3.63, 3.8) is 0 Å². The van der Waals surface area contributed by atoms with Crippen LogP contribution in [-0.4, -0.2) is 0 Å². The Kier molecular flexibility index (Phi) is 3.32. The SMILES string of the molecule is Nc1cc(CCl)c(Br)cc1C(F)(F)F. The number of alkyl halides is 4. The number of nitrogens with two attached hydrogens (primary N) is 1. The monoisotopic (exact) mass is 287 g/mol. The number of nitrogen functional groups attached to an aromatic ring is 1. The van der Waals surface area contributed by atoms with Crippen molar-refractivity contribution in [2.75, 3.05) is 5.73 Å². The predicted molar refractivity (Wildman–Crippen MR) is 53.1 cm³/mol. The molecule has 0 aliphatic rings. The standard InChI is InChI=1S/C8H6BrClF3N/c9-6-2-5(8(11,12)13)7(14)1-4(6)3-10/h1-2H,3,14H2. The molecule has 1 aromatic rings. The van der Waals surface area contributed by atoms with Crippen LogP contribution in [0.5, 0.6) is 0 Å². The van der Waals surface area contributed by atoms with Crippen molar-refractivity contribution in [1.82, 2.24) is 0 Å². The quantitative estimate of drug-likeness (QED) is 0.617. The van der Waals surface area contributed by atoms with Crippen molar-refractivity contribution < 1.29 is 13.2 Å². The third kappa shape index (κ3) is 2.33. The lowest BCUT2D eigenvalue weighted by Crippen LogP contribution is -2.09. The number of hydrogen-bond acceptors (Lipinski definition) is 1. The van der Waals surface area contributed by atoms with Crippen LogP contribution in [0.2, 0.25) is 0 Å². The molecule has 0 saturated heterocycles. The molecule has 0 saturated carbocycles. The lowest BCUT2D eigenvalue weighted by molar-refractivity contribution is -0.136. The molecule has 2 N–H and O–H groups in total. The summed E-state index contributed by atoms with van der Waals surface area (Å²) < 4.78 is 37.3. The summed E-state index contributed by atoms with van der Waals surface area (Å²) in [7, 11) is 0. The molecule has 0 spiro atoms. The highest BCUT2D eigenvalue weighted by Crippen LogP contribution is 2.36. The zero-order valence-electron chi connectivity index (χ0n) is 6.83. The Morgan fingerprint density at radius 2 is 1.93 bits per heavy atom. The minimum atomic E-state index is -4.43. The molecule has 78 valence electrons. The lowest BCUT2D eigenvalue weighted by Gasteiger charge is -2.12. The van der Waals surface area contributed by atoms with Crippen molar-refractivity contribution in [3.05, 3.63) is 27.7 Å². The molecular formula is C8H6BrClF3N. The highest BCUT2D eigenvalue weighted by Gasteiger charge is 2.33. The molecular weight excluding hydrogens is 282 g/mol. The van der Waals surface area contributed by atoms with Gasteiger partial charge in [0, 0.05) is 16.0 Å². The van der Waals surface area contributed by atoms with Gasteiger partial charge < -0.3 is 5.73 Å². The lowest BCUT2D eigenvalue weighted by atomic mass is 10.1. The van der Waals surface area contributed by atoms with Crippen LogP contribution in [0.4, 0.5) is 18.9 Å². The van der Waals surface area contributed by atoms with Gasteiger partial charge in [-0.3, -0.25) is 0 Å². The zero-order chi connectivity index (χ0) is 10.9. The molecule has 1 aromatic carbocycles. The van der Waals surface area contributed by atoms with E-state index in [4.69, 9.17) is 17.3 Å². The highest BCUT2D eigenvalue weighted by molar-refractivity contribution is 9.10. The molecule has 0 aliphatic heterocycles. The highest BCUT2D eigenvalue weighted by atomic mass is 79.9. The van der Waals surface area contributed by atoms with E-state index in [0.717, 1.165) is 6.07 Å². The van der Waals surface area contributed by atoms with Crippen LogP contribution in [0.1, 0.15) is 11.1 Å². The van der Waals surface area contributed by atoms with Gasteiger partial charge in [0.2, 0.25) is 0 Å². The minimum absolute atomic E-state index is 0.114. The van der Waals surface area contributed by atoms with E-state index in [-0.39, 0.29) is 11.6 Å². The topological polar surface area (TPSA) is 26.0 Å². The van der Waals surface area contributed by atoms with Gasteiger partial charge in [-0.15, -0.1) is 11.6 Å². The molecule has 0 fully saturated rings. The number of hydrogen-bond donors (Lipinski definition) is 1. The molecule has 0 radical (unpaired) electrons. The molecule has 14 heavy (non-hydrogen) atoms. The number of rotatable bonds is 1. The predicted octanol–water partition coefficient (Wildman–Crippen LogP) is 3.79. The van der Waals surface area contributed by atoms with Gasteiger partial charge in [0.1, 0.15) is 0 Å². The average molecular weight is 288 g/mol. The minimum Gasteiger partial charge on any atom is -0.398 e. The van der Waals surface area contributed by atoms with E-state index in [1.165, 1.54) is 6.07 Å². The smallest absolute Gasteiger partial charge is 0.398 e. The first-order valence-corrected chi connectivity index (χ1v) is 4.90. The summed E-state index contributed by atoms with van der Waals surface area (Å²) in [5.41, 5.74) is 4.63. The maximum absolute atomic E-state index is 12.3. The second-order valence-corrected chi connectivity index (χ2v) is 3.78. The first-order chi connectivity index (χ1) is 6.36. The number of anilines is 1. The maximum Gasteiger partial charge on any atom is 0.418 e. The summed E-state index contributed by atoms with van der Waals surface area (Å²) in [4.78, 5) is 0. The van der Waals surface area contributed by atoms with Crippen molar-refractivity contribution in [2.24, 2.45) is 0 Å². The van der Waals surface area contributed by atoms with Crippen LogP contribution >= 0.6 is 27.5 Å². The van der Waals surface area contributed by atoms with Gasteiger partial charge in [-0.2, -0.15) is 13.2 Å². The Bertz CT molecular complexity index is 351. The van der Waals surface area contributed by atoms with Crippen LogP contribution in [-0.2, 0) is 12.1 Å². The van der Waals surface area contributed by atoms with E-state index in [9.17, 15) is 13.2 Å². The molecule has 6 heteroatoms. The van der Waals surface area contributed by atoms with Crippen LogP contribution in [0.25, 0.3) is 0 Å². The second kappa shape index (κ2) is 3.98. The summed E-state index contributed by atoms with van der Waals surface area (Å²) in [5, 5.41) is 0. The van der Waals surface area contributed by atoms with Crippen molar-refractivity contribution in [1.29, 1.82) is 0 Å². The molecule has 0 aliphatic carbocycles. The second-order valence-electron chi connectivity index (χ2n) is 2.66. The summed E-state index contributed by atoms with van der Waals surface area (Å²) in [5.74, 6) is 0.114. The van der Waals surface area contributed by atoms with E-state index in [1.807, 2.05) is 0 Å². The Hall–Kier alpha value is -0.420. The number of benzene rings is 1. The van der Waals surface area contributed by atoms with Gasteiger partial charge in [0.05, 0.1) is 5.56 Å². The van der Waals surface area contributed by atoms with Gasteiger partial charge in [-0.05, 0) is 17.7 Å². The fourth-order valence-corrected chi connectivity index (χ4v) is 1.85. The molecule has 0 bridgehead atoms. The number of halogens is 5. The van der Waals surface area contributed by atoms with Gasteiger partial charge in [0.25, 0.3) is 0 Å². The Balaban J connectivity index is 3.29. The zero-order valence-corrected chi connectivity index (χ0v) is 9.17. The van der Waals surface area contributed by atoms with Crippen LogP contribution in [0.15, 0.2) is 16.6 Å². The van der Waals surface area contributed by atoms with E-state index in [0.29, 0.717) is 10.0 Å². The van der Waals surface area contributed by atoms with Crippen LogP contribution in [0.3, 0.4) is 0 Å². The normalized spacial score (nSPS) is 11.8. The third-order valence-corrected chi connectivity index (χ3v) is 2.69. The summed E-state index contributed by atoms with van der Waals surface area (Å²) >= 11 is 8.50. The van der Waals surface area contributed by atoms with Crippen molar-refractivity contribution in [2.45, 2.75) is 12.1 Å². The van der Waals surface area contributed by atoms with Crippen molar-refractivity contribution in [3.8, 4) is 0 Å². The summed E-state index contributed by atoms with van der Waals surface area (Å²) in [6, 6.07) is 2.16.